The van der Waals surface area contributed by atoms with Crippen LogP contribution in [-0.4, -0.2) is 44.0 Å². The monoisotopic (exact) mass is 301 g/mol. The molecule has 0 saturated carbocycles. The minimum atomic E-state index is -3.57. The van der Waals surface area contributed by atoms with Crippen LogP contribution in [0.3, 0.4) is 0 Å². The van der Waals surface area contributed by atoms with Gasteiger partial charge < -0.3 is 10.3 Å². The Morgan fingerprint density at radius 3 is 2.60 bits per heavy atom. The van der Waals surface area contributed by atoms with Crippen molar-refractivity contribution in [3.05, 3.63) is 18.3 Å². The normalized spacial score (nSPS) is 13.4. The van der Waals surface area contributed by atoms with Gasteiger partial charge in [-0.05, 0) is 26.1 Å². The topological polar surface area (TPSA) is 100 Å². The van der Waals surface area contributed by atoms with Gasteiger partial charge in [0.2, 0.25) is 10.0 Å². The van der Waals surface area contributed by atoms with E-state index in [-0.39, 0.29) is 10.9 Å². The molecule has 0 spiro atoms. The largest absolute Gasteiger partial charge is 0.308 e. The van der Waals surface area contributed by atoms with E-state index in [1.165, 1.54) is 18.3 Å². The molecule has 0 aliphatic heterocycles. The predicted molar refractivity (Wildman–Crippen MR) is 79.6 cm³/mol. The Morgan fingerprint density at radius 2 is 2.05 bits per heavy atom. The Morgan fingerprint density at radius 1 is 1.40 bits per heavy atom. The summed E-state index contributed by atoms with van der Waals surface area (Å²) in [7, 11) is -3.57. The van der Waals surface area contributed by atoms with E-state index >= 15 is 0 Å². The smallest absolute Gasteiger partial charge is 0.241 e. The highest BCUT2D eigenvalue weighted by atomic mass is 32.2. The molecule has 20 heavy (non-hydrogen) atoms. The van der Waals surface area contributed by atoms with Crippen LogP contribution in [0, 0.1) is 0 Å². The van der Waals surface area contributed by atoms with Crippen LogP contribution in [0.25, 0.3) is 0 Å². The molecular formula is C12H23N5O2S. The highest BCUT2D eigenvalue weighted by Crippen LogP contribution is 2.12. The molecule has 1 rings (SSSR count). The fraction of sp³-hybridized carbons (Fsp3) is 0.583. The number of sulfonamides is 1. The highest BCUT2D eigenvalue weighted by Gasteiger charge is 2.19. The number of rotatable bonds is 8. The van der Waals surface area contributed by atoms with Crippen molar-refractivity contribution in [3.8, 4) is 0 Å². The summed E-state index contributed by atoms with van der Waals surface area (Å²) in [6.45, 7) is 8.39. The highest BCUT2D eigenvalue weighted by molar-refractivity contribution is 7.89. The standard InChI is InChI=1S/C12H23N5O2S/c1-4-17(5-2)9-10(3)16-20(18,19)11-6-7-14-12(8-11)15-13/h6-8,10,16H,4-5,9,13H2,1-3H3,(H,14,15). The number of nitrogen functional groups attached to an aromatic ring is 1. The van der Waals surface area contributed by atoms with Crippen LogP contribution >= 0.6 is 0 Å². The van der Waals surface area contributed by atoms with Gasteiger partial charge in [-0.3, -0.25) is 0 Å². The van der Waals surface area contributed by atoms with E-state index in [2.05, 4.69) is 20.0 Å². The Balaban J connectivity index is 2.78. The number of aromatic nitrogens is 1. The number of nitrogens with two attached hydrogens (primary N) is 1. The summed E-state index contributed by atoms with van der Waals surface area (Å²) in [5.74, 6) is 5.54. The molecule has 0 fully saturated rings. The summed E-state index contributed by atoms with van der Waals surface area (Å²) in [5.41, 5.74) is 2.33. The van der Waals surface area contributed by atoms with Crippen molar-refractivity contribution in [2.75, 3.05) is 25.1 Å². The number of likely N-dealkylation sites (N-methyl/N-ethyl adjacent to an activating group) is 1. The predicted octanol–water partition coefficient (Wildman–Crippen LogP) is 0.376. The van der Waals surface area contributed by atoms with E-state index in [1.54, 1.807) is 0 Å². The third kappa shape index (κ3) is 4.71. The van der Waals surface area contributed by atoms with Crippen molar-refractivity contribution in [2.24, 2.45) is 5.84 Å². The summed E-state index contributed by atoms with van der Waals surface area (Å²) in [6, 6.07) is 2.65. The molecule has 0 bridgehead atoms. The lowest BCUT2D eigenvalue weighted by Gasteiger charge is -2.23. The van der Waals surface area contributed by atoms with Crippen LogP contribution in [0.2, 0.25) is 0 Å². The maximum Gasteiger partial charge on any atom is 0.241 e. The van der Waals surface area contributed by atoms with E-state index < -0.39 is 10.0 Å². The van der Waals surface area contributed by atoms with E-state index in [0.717, 1.165) is 13.1 Å². The van der Waals surface area contributed by atoms with Crippen molar-refractivity contribution in [2.45, 2.75) is 31.7 Å². The van der Waals surface area contributed by atoms with Gasteiger partial charge in [0.15, 0.2) is 0 Å². The second-order valence-electron chi connectivity index (χ2n) is 4.53. The zero-order valence-corrected chi connectivity index (χ0v) is 12.9. The number of nitrogens with one attached hydrogen (secondary N) is 2. The third-order valence-corrected chi connectivity index (χ3v) is 4.56. The van der Waals surface area contributed by atoms with Crippen LogP contribution in [0.5, 0.6) is 0 Å². The van der Waals surface area contributed by atoms with Crippen molar-refractivity contribution in [3.63, 3.8) is 0 Å². The molecular weight excluding hydrogens is 278 g/mol. The molecule has 0 saturated heterocycles. The average Bonchev–Trinajstić information content (AvgIpc) is 2.44. The fourth-order valence-electron chi connectivity index (χ4n) is 1.90. The van der Waals surface area contributed by atoms with Gasteiger partial charge >= 0.3 is 0 Å². The molecule has 0 aromatic carbocycles. The molecule has 7 nitrogen and oxygen atoms in total. The number of hydrazine groups is 1. The minimum Gasteiger partial charge on any atom is -0.308 e. The number of hydrogen-bond acceptors (Lipinski definition) is 6. The van der Waals surface area contributed by atoms with Gasteiger partial charge in [0.1, 0.15) is 5.82 Å². The molecule has 0 aliphatic rings. The van der Waals surface area contributed by atoms with Crippen LogP contribution in [0.15, 0.2) is 23.2 Å². The first-order chi connectivity index (χ1) is 9.42. The van der Waals surface area contributed by atoms with Crippen LogP contribution in [0.1, 0.15) is 20.8 Å². The molecule has 8 heteroatoms. The van der Waals surface area contributed by atoms with Crippen molar-refractivity contribution in [1.82, 2.24) is 14.6 Å². The van der Waals surface area contributed by atoms with E-state index in [1.807, 2.05) is 20.8 Å². The first kappa shape index (κ1) is 16.8. The first-order valence-corrected chi connectivity index (χ1v) is 8.08. The molecule has 1 aromatic heterocycles. The summed E-state index contributed by atoms with van der Waals surface area (Å²) in [5, 5.41) is 0. The van der Waals surface area contributed by atoms with Crippen LogP contribution in [0.4, 0.5) is 5.82 Å². The lowest BCUT2D eigenvalue weighted by molar-refractivity contribution is 0.282. The molecule has 0 aliphatic carbocycles. The molecule has 1 unspecified atom stereocenters. The van der Waals surface area contributed by atoms with Gasteiger partial charge in [-0.15, -0.1) is 0 Å². The molecule has 0 amide bonds. The van der Waals surface area contributed by atoms with Gasteiger partial charge in [0, 0.05) is 24.8 Å². The van der Waals surface area contributed by atoms with Crippen molar-refractivity contribution < 1.29 is 8.42 Å². The Kier molecular flexibility index (Phi) is 6.34. The van der Waals surface area contributed by atoms with Gasteiger partial charge in [-0.2, -0.15) is 0 Å². The Labute approximate surface area is 120 Å². The van der Waals surface area contributed by atoms with E-state index in [4.69, 9.17) is 5.84 Å². The number of hydrogen-bond donors (Lipinski definition) is 3. The Hall–Kier alpha value is -1.22. The SMILES string of the molecule is CCN(CC)CC(C)NS(=O)(=O)c1ccnc(NN)c1. The van der Waals surface area contributed by atoms with Crippen LogP contribution in [-0.2, 0) is 10.0 Å². The molecule has 0 radical (unpaired) electrons. The van der Waals surface area contributed by atoms with Gasteiger partial charge in [0.05, 0.1) is 4.90 Å². The lowest BCUT2D eigenvalue weighted by Crippen LogP contribution is -2.41. The lowest BCUT2D eigenvalue weighted by atomic mass is 10.3. The minimum absolute atomic E-state index is 0.145. The van der Waals surface area contributed by atoms with Gasteiger partial charge in [0.25, 0.3) is 0 Å². The number of nitrogens with zero attached hydrogens (tertiary/aromatic N) is 2. The zero-order valence-electron chi connectivity index (χ0n) is 12.1. The second-order valence-corrected chi connectivity index (χ2v) is 6.24. The maximum absolute atomic E-state index is 12.2. The number of pyridine rings is 1. The van der Waals surface area contributed by atoms with Crippen molar-refractivity contribution in [1.29, 1.82) is 0 Å². The summed E-state index contributed by atoms with van der Waals surface area (Å²) < 4.78 is 27.1. The molecule has 1 atom stereocenters. The zero-order chi connectivity index (χ0) is 15.2. The van der Waals surface area contributed by atoms with E-state index in [9.17, 15) is 8.42 Å². The van der Waals surface area contributed by atoms with Gasteiger partial charge in [-0.25, -0.2) is 24.0 Å². The van der Waals surface area contributed by atoms with E-state index in [0.29, 0.717) is 12.4 Å². The molecule has 4 N–H and O–H groups in total. The average molecular weight is 301 g/mol. The summed E-state index contributed by atoms with van der Waals surface area (Å²) in [6.07, 6.45) is 1.40. The quantitative estimate of drug-likeness (QED) is 0.474. The van der Waals surface area contributed by atoms with Crippen LogP contribution < -0.4 is 16.0 Å². The molecule has 1 heterocycles. The summed E-state index contributed by atoms with van der Waals surface area (Å²) in [4.78, 5) is 6.19. The third-order valence-electron chi connectivity index (χ3n) is 2.97. The first-order valence-electron chi connectivity index (χ1n) is 6.60. The second kappa shape index (κ2) is 7.53. The van der Waals surface area contributed by atoms with Gasteiger partial charge in [-0.1, -0.05) is 13.8 Å². The van der Waals surface area contributed by atoms with Crippen molar-refractivity contribution >= 4 is 15.8 Å². The maximum atomic E-state index is 12.2. The summed E-state index contributed by atoms with van der Waals surface area (Å²) >= 11 is 0. The molecule has 1 aromatic rings. The molecule has 114 valence electrons. The Bertz CT molecular complexity index is 516. The number of anilines is 1. The fourth-order valence-corrected chi connectivity index (χ4v) is 3.14.